The minimum atomic E-state index is -0.470. The SMILES string of the molecule is CCOC(=O)COc1ccc(/C=N\NC(=O)COc2ccccc2Cl)cc1OC. The molecule has 0 aliphatic carbocycles. The fourth-order valence-electron chi connectivity index (χ4n) is 2.14. The molecule has 1 amide bonds. The van der Waals surface area contributed by atoms with Gasteiger partial charge < -0.3 is 18.9 Å². The quantitative estimate of drug-likeness (QED) is 0.361. The number of para-hydroxylation sites is 1. The number of hydrogen-bond donors (Lipinski definition) is 1. The zero-order valence-corrected chi connectivity index (χ0v) is 16.8. The van der Waals surface area contributed by atoms with Crippen LogP contribution in [0.4, 0.5) is 0 Å². The van der Waals surface area contributed by atoms with Crippen LogP contribution in [-0.2, 0) is 14.3 Å². The Hall–Kier alpha value is -3.26. The summed E-state index contributed by atoms with van der Waals surface area (Å²) < 4.78 is 20.8. The Morgan fingerprint density at radius 1 is 1.07 bits per heavy atom. The van der Waals surface area contributed by atoms with E-state index in [1.54, 1.807) is 49.4 Å². The van der Waals surface area contributed by atoms with E-state index in [-0.39, 0.29) is 19.8 Å². The summed E-state index contributed by atoms with van der Waals surface area (Å²) >= 11 is 5.95. The van der Waals surface area contributed by atoms with Gasteiger partial charge in [-0.15, -0.1) is 0 Å². The predicted octanol–water partition coefficient (Wildman–Crippen LogP) is 2.82. The van der Waals surface area contributed by atoms with E-state index < -0.39 is 11.9 Å². The smallest absolute Gasteiger partial charge is 0.344 e. The van der Waals surface area contributed by atoms with Gasteiger partial charge in [-0.05, 0) is 42.8 Å². The minimum Gasteiger partial charge on any atom is -0.493 e. The highest BCUT2D eigenvalue weighted by atomic mass is 35.5. The molecule has 0 atom stereocenters. The maximum Gasteiger partial charge on any atom is 0.344 e. The van der Waals surface area contributed by atoms with Crippen LogP contribution in [0.25, 0.3) is 0 Å². The molecule has 0 spiro atoms. The first-order valence-corrected chi connectivity index (χ1v) is 9.07. The predicted molar refractivity (Wildman–Crippen MR) is 108 cm³/mol. The molecule has 9 heteroatoms. The Kier molecular flexibility index (Phi) is 8.78. The van der Waals surface area contributed by atoms with Crippen LogP contribution in [0.2, 0.25) is 5.02 Å². The monoisotopic (exact) mass is 420 g/mol. The van der Waals surface area contributed by atoms with Crippen LogP contribution >= 0.6 is 11.6 Å². The Labute approximate surface area is 173 Å². The lowest BCUT2D eigenvalue weighted by Gasteiger charge is -2.10. The second kappa shape index (κ2) is 11.6. The van der Waals surface area contributed by atoms with Crippen LogP contribution in [0.3, 0.4) is 0 Å². The van der Waals surface area contributed by atoms with Gasteiger partial charge in [-0.3, -0.25) is 4.79 Å². The summed E-state index contributed by atoms with van der Waals surface area (Å²) in [6, 6.07) is 11.8. The van der Waals surface area contributed by atoms with Gasteiger partial charge in [-0.1, -0.05) is 23.7 Å². The zero-order valence-electron chi connectivity index (χ0n) is 16.0. The standard InChI is InChI=1S/C20H21ClN2O6/c1-3-27-20(25)13-29-17-9-8-14(10-18(17)26-2)11-22-23-19(24)12-28-16-7-5-4-6-15(16)21/h4-11H,3,12-13H2,1-2H3,(H,23,24)/b22-11-. The number of halogens is 1. The van der Waals surface area contributed by atoms with E-state index in [2.05, 4.69) is 10.5 Å². The molecule has 29 heavy (non-hydrogen) atoms. The van der Waals surface area contributed by atoms with Gasteiger partial charge in [0.1, 0.15) is 5.75 Å². The van der Waals surface area contributed by atoms with Crippen LogP contribution in [0.15, 0.2) is 47.6 Å². The van der Waals surface area contributed by atoms with Gasteiger partial charge >= 0.3 is 5.97 Å². The third kappa shape index (κ3) is 7.34. The summed E-state index contributed by atoms with van der Waals surface area (Å²) in [5, 5.41) is 4.29. The van der Waals surface area contributed by atoms with E-state index in [4.69, 9.17) is 30.5 Å². The summed E-state index contributed by atoms with van der Waals surface area (Å²) in [7, 11) is 1.47. The van der Waals surface area contributed by atoms with Crippen molar-refractivity contribution in [2.24, 2.45) is 5.10 Å². The number of nitrogens with zero attached hydrogens (tertiary/aromatic N) is 1. The van der Waals surface area contributed by atoms with Crippen LogP contribution in [0, 0.1) is 0 Å². The second-order valence-electron chi connectivity index (χ2n) is 5.52. The molecule has 0 aromatic heterocycles. The number of carbonyl (C=O) groups excluding carboxylic acids is 2. The zero-order chi connectivity index (χ0) is 21.1. The summed E-state index contributed by atoms with van der Waals surface area (Å²) in [6.45, 7) is 1.54. The number of amides is 1. The normalized spacial score (nSPS) is 10.4. The van der Waals surface area contributed by atoms with Crippen molar-refractivity contribution in [1.29, 1.82) is 0 Å². The summed E-state index contributed by atoms with van der Waals surface area (Å²) in [5.41, 5.74) is 3.01. The minimum absolute atomic E-state index is 0.223. The Morgan fingerprint density at radius 2 is 1.83 bits per heavy atom. The first kappa shape index (κ1) is 22.0. The van der Waals surface area contributed by atoms with Crippen molar-refractivity contribution in [2.75, 3.05) is 26.9 Å². The summed E-state index contributed by atoms with van der Waals surface area (Å²) in [6.07, 6.45) is 1.44. The molecule has 154 valence electrons. The summed E-state index contributed by atoms with van der Waals surface area (Å²) in [4.78, 5) is 23.2. The lowest BCUT2D eigenvalue weighted by molar-refractivity contribution is -0.145. The molecule has 0 aliphatic rings. The average Bonchev–Trinajstić information content (AvgIpc) is 2.72. The van der Waals surface area contributed by atoms with Gasteiger partial charge in [-0.2, -0.15) is 5.10 Å². The van der Waals surface area contributed by atoms with Gasteiger partial charge in [0.05, 0.1) is 25.0 Å². The second-order valence-corrected chi connectivity index (χ2v) is 5.92. The average molecular weight is 421 g/mol. The highest BCUT2D eigenvalue weighted by molar-refractivity contribution is 6.32. The highest BCUT2D eigenvalue weighted by Gasteiger charge is 2.09. The van der Waals surface area contributed by atoms with Gasteiger partial charge in [0.2, 0.25) is 0 Å². The highest BCUT2D eigenvalue weighted by Crippen LogP contribution is 2.27. The van der Waals surface area contributed by atoms with E-state index in [1.165, 1.54) is 13.3 Å². The number of nitrogens with one attached hydrogen (secondary N) is 1. The van der Waals surface area contributed by atoms with Gasteiger partial charge in [-0.25, -0.2) is 10.2 Å². The first-order valence-electron chi connectivity index (χ1n) is 8.69. The van der Waals surface area contributed by atoms with Crippen molar-refractivity contribution in [3.05, 3.63) is 53.1 Å². The molecular weight excluding hydrogens is 400 g/mol. The topological polar surface area (TPSA) is 95.5 Å². The maximum absolute atomic E-state index is 11.8. The van der Waals surface area contributed by atoms with E-state index in [0.717, 1.165) is 0 Å². The number of benzene rings is 2. The number of hydrazone groups is 1. The molecule has 0 saturated heterocycles. The molecule has 0 saturated carbocycles. The van der Waals surface area contributed by atoms with Crippen molar-refractivity contribution < 1.29 is 28.5 Å². The molecule has 2 aromatic carbocycles. The molecule has 2 aromatic rings. The van der Waals surface area contributed by atoms with E-state index >= 15 is 0 Å². The molecule has 0 bridgehead atoms. The first-order chi connectivity index (χ1) is 14.0. The third-order valence-electron chi connectivity index (χ3n) is 3.44. The van der Waals surface area contributed by atoms with Crippen molar-refractivity contribution in [1.82, 2.24) is 5.43 Å². The molecule has 0 aliphatic heterocycles. The van der Waals surface area contributed by atoms with Crippen LogP contribution in [0.1, 0.15) is 12.5 Å². The summed E-state index contributed by atoms with van der Waals surface area (Å²) in [5.74, 6) is 0.294. The van der Waals surface area contributed by atoms with Gasteiger partial charge in [0.25, 0.3) is 5.91 Å². The van der Waals surface area contributed by atoms with Crippen molar-refractivity contribution >= 4 is 29.7 Å². The number of methoxy groups -OCH3 is 1. The molecule has 0 fully saturated rings. The Bertz CT molecular complexity index is 872. The molecule has 0 radical (unpaired) electrons. The lowest BCUT2D eigenvalue weighted by atomic mass is 10.2. The van der Waals surface area contributed by atoms with Gasteiger partial charge in [0.15, 0.2) is 24.7 Å². The van der Waals surface area contributed by atoms with Crippen LogP contribution < -0.4 is 19.6 Å². The van der Waals surface area contributed by atoms with E-state index in [1.807, 2.05) is 0 Å². The van der Waals surface area contributed by atoms with E-state index in [9.17, 15) is 9.59 Å². The number of esters is 1. The molecular formula is C20H21ClN2O6. The number of carbonyl (C=O) groups is 2. The fourth-order valence-corrected chi connectivity index (χ4v) is 2.33. The molecule has 0 heterocycles. The Balaban J connectivity index is 1.87. The molecule has 8 nitrogen and oxygen atoms in total. The molecule has 2 rings (SSSR count). The van der Waals surface area contributed by atoms with Crippen molar-refractivity contribution in [2.45, 2.75) is 6.92 Å². The Morgan fingerprint density at radius 3 is 2.55 bits per heavy atom. The maximum atomic E-state index is 11.8. The largest absolute Gasteiger partial charge is 0.493 e. The van der Waals surface area contributed by atoms with Gasteiger partial charge in [0, 0.05) is 0 Å². The van der Waals surface area contributed by atoms with Crippen molar-refractivity contribution in [3.63, 3.8) is 0 Å². The fraction of sp³-hybridized carbons (Fsp3) is 0.250. The number of rotatable bonds is 10. The van der Waals surface area contributed by atoms with Crippen LogP contribution in [0.5, 0.6) is 17.2 Å². The van der Waals surface area contributed by atoms with Crippen molar-refractivity contribution in [3.8, 4) is 17.2 Å². The molecule has 1 N–H and O–H groups in total. The van der Waals surface area contributed by atoms with Crippen LogP contribution in [-0.4, -0.2) is 45.0 Å². The number of ether oxygens (including phenoxy) is 4. The number of hydrogen-bond acceptors (Lipinski definition) is 7. The molecule has 0 unspecified atom stereocenters. The van der Waals surface area contributed by atoms with E-state index in [0.29, 0.717) is 27.8 Å². The lowest BCUT2D eigenvalue weighted by Crippen LogP contribution is -2.24. The third-order valence-corrected chi connectivity index (χ3v) is 3.75.